The Kier molecular flexibility index (Phi) is 8.13. The molecular formula is C20H26N2O4S. The van der Waals surface area contributed by atoms with Gasteiger partial charge in [-0.1, -0.05) is 13.0 Å². The van der Waals surface area contributed by atoms with Crippen LogP contribution in [0.25, 0.3) is 0 Å². The number of thiophene rings is 1. The molecule has 2 amide bonds. The van der Waals surface area contributed by atoms with E-state index in [0.29, 0.717) is 36.8 Å². The second kappa shape index (κ2) is 10.6. The second-order valence-corrected chi connectivity index (χ2v) is 6.92. The van der Waals surface area contributed by atoms with Gasteiger partial charge in [0.2, 0.25) is 5.91 Å². The highest BCUT2D eigenvalue weighted by Crippen LogP contribution is 2.28. The summed E-state index contributed by atoms with van der Waals surface area (Å²) in [6, 6.07) is 8.98. The summed E-state index contributed by atoms with van der Waals surface area (Å²) in [5.41, 5.74) is 0.462. The number of hydrogen-bond donors (Lipinski definition) is 1. The van der Waals surface area contributed by atoms with Crippen LogP contribution in [0.3, 0.4) is 0 Å². The monoisotopic (exact) mass is 390 g/mol. The minimum absolute atomic E-state index is 0.0110. The summed E-state index contributed by atoms with van der Waals surface area (Å²) in [6.45, 7) is 5.36. The van der Waals surface area contributed by atoms with Gasteiger partial charge in [-0.3, -0.25) is 9.59 Å². The van der Waals surface area contributed by atoms with E-state index in [4.69, 9.17) is 9.47 Å². The first-order chi connectivity index (χ1) is 13.1. The molecule has 146 valence electrons. The van der Waals surface area contributed by atoms with Gasteiger partial charge in [-0.2, -0.15) is 0 Å². The maximum Gasteiger partial charge on any atom is 0.254 e. The molecule has 6 nitrogen and oxygen atoms in total. The van der Waals surface area contributed by atoms with E-state index in [1.807, 2.05) is 31.4 Å². The van der Waals surface area contributed by atoms with Crippen LogP contribution in [0, 0.1) is 0 Å². The highest BCUT2D eigenvalue weighted by atomic mass is 32.1. The van der Waals surface area contributed by atoms with Crippen molar-refractivity contribution in [1.82, 2.24) is 10.2 Å². The molecule has 0 atom stereocenters. The van der Waals surface area contributed by atoms with Crippen molar-refractivity contribution in [2.75, 3.05) is 26.8 Å². The predicted octanol–water partition coefficient (Wildman–Crippen LogP) is 3.32. The Bertz CT molecular complexity index is 746. The summed E-state index contributed by atoms with van der Waals surface area (Å²) in [7, 11) is 1.54. The van der Waals surface area contributed by atoms with Crippen LogP contribution in [0.5, 0.6) is 11.5 Å². The Hall–Kier alpha value is -2.54. The van der Waals surface area contributed by atoms with Crippen molar-refractivity contribution in [1.29, 1.82) is 0 Å². The van der Waals surface area contributed by atoms with E-state index < -0.39 is 0 Å². The number of methoxy groups -OCH3 is 1. The molecule has 7 heteroatoms. The van der Waals surface area contributed by atoms with Crippen molar-refractivity contribution in [2.45, 2.75) is 26.8 Å². The van der Waals surface area contributed by atoms with E-state index in [-0.39, 0.29) is 18.4 Å². The first kappa shape index (κ1) is 20.8. The summed E-state index contributed by atoms with van der Waals surface area (Å²) in [6.07, 6.45) is 0.883. The summed E-state index contributed by atoms with van der Waals surface area (Å²) in [4.78, 5) is 27.6. The van der Waals surface area contributed by atoms with Gasteiger partial charge >= 0.3 is 0 Å². The minimum atomic E-state index is -0.218. The number of carbonyl (C=O) groups is 2. The van der Waals surface area contributed by atoms with Gasteiger partial charge in [-0.25, -0.2) is 0 Å². The molecule has 0 unspecified atom stereocenters. The molecule has 2 rings (SSSR count). The van der Waals surface area contributed by atoms with E-state index >= 15 is 0 Å². The first-order valence-electron chi connectivity index (χ1n) is 8.98. The molecule has 0 radical (unpaired) electrons. The Morgan fingerprint density at radius 2 is 2.00 bits per heavy atom. The van der Waals surface area contributed by atoms with Crippen molar-refractivity contribution < 1.29 is 19.1 Å². The summed E-state index contributed by atoms with van der Waals surface area (Å²) in [5, 5.41) is 4.81. The van der Waals surface area contributed by atoms with Crippen molar-refractivity contribution in [3.05, 3.63) is 46.2 Å². The van der Waals surface area contributed by atoms with Gasteiger partial charge in [-0.15, -0.1) is 11.3 Å². The molecule has 1 heterocycles. The third kappa shape index (κ3) is 5.99. The molecule has 1 aromatic carbocycles. The summed E-state index contributed by atoms with van der Waals surface area (Å²) < 4.78 is 11.0. The number of nitrogens with zero attached hydrogens (tertiary/aromatic N) is 1. The number of benzene rings is 1. The Morgan fingerprint density at radius 1 is 1.19 bits per heavy atom. The quantitative estimate of drug-likeness (QED) is 0.676. The van der Waals surface area contributed by atoms with Crippen LogP contribution < -0.4 is 14.8 Å². The van der Waals surface area contributed by atoms with Gasteiger partial charge in [0.05, 0.1) is 26.8 Å². The number of likely N-dealkylation sites (N-methyl/N-ethyl adjacent to an activating group) is 1. The zero-order valence-electron chi connectivity index (χ0n) is 16.0. The lowest BCUT2D eigenvalue weighted by Gasteiger charge is -2.21. The van der Waals surface area contributed by atoms with E-state index in [2.05, 4.69) is 5.32 Å². The highest BCUT2D eigenvalue weighted by Gasteiger charge is 2.19. The fourth-order valence-corrected chi connectivity index (χ4v) is 3.11. The molecule has 0 aliphatic heterocycles. The van der Waals surface area contributed by atoms with Crippen molar-refractivity contribution >= 4 is 23.2 Å². The van der Waals surface area contributed by atoms with E-state index in [9.17, 15) is 9.59 Å². The molecule has 0 spiro atoms. The molecule has 0 aliphatic rings. The van der Waals surface area contributed by atoms with Gasteiger partial charge in [0.15, 0.2) is 11.5 Å². The van der Waals surface area contributed by atoms with E-state index in [1.54, 1.807) is 29.5 Å². The fourth-order valence-electron chi connectivity index (χ4n) is 2.47. The number of amides is 2. The lowest BCUT2D eigenvalue weighted by Crippen LogP contribution is -2.40. The van der Waals surface area contributed by atoms with E-state index in [0.717, 1.165) is 11.3 Å². The van der Waals surface area contributed by atoms with Gasteiger partial charge in [0.1, 0.15) is 0 Å². The molecule has 2 aromatic rings. The molecule has 0 bridgehead atoms. The SMILES string of the molecule is CCCOc1ccc(C(=O)N(CC)CC(=O)NCc2cccs2)cc1OC. The maximum absolute atomic E-state index is 12.8. The van der Waals surface area contributed by atoms with Gasteiger partial charge in [-0.05, 0) is 43.0 Å². The van der Waals surface area contributed by atoms with Crippen LogP contribution >= 0.6 is 11.3 Å². The standard InChI is InChI=1S/C20H26N2O4S/c1-4-10-26-17-9-8-15(12-18(17)25-3)20(24)22(5-2)14-19(23)21-13-16-7-6-11-27-16/h6-9,11-12H,4-5,10,13-14H2,1-3H3,(H,21,23). The Labute approximate surface area is 164 Å². The number of carbonyl (C=O) groups excluding carboxylic acids is 2. The average molecular weight is 391 g/mol. The van der Waals surface area contributed by atoms with Gasteiger partial charge in [0.25, 0.3) is 5.91 Å². The molecule has 1 aromatic heterocycles. The van der Waals surface area contributed by atoms with Crippen LogP contribution in [0.15, 0.2) is 35.7 Å². The minimum Gasteiger partial charge on any atom is -0.493 e. The van der Waals surface area contributed by atoms with Gasteiger partial charge in [0, 0.05) is 17.0 Å². The molecule has 0 saturated heterocycles. The molecule has 0 fully saturated rings. The maximum atomic E-state index is 12.8. The third-order valence-electron chi connectivity index (χ3n) is 3.92. The van der Waals surface area contributed by atoms with Crippen molar-refractivity contribution in [3.8, 4) is 11.5 Å². The predicted molar refractivity (Wildman–Crippen MR) is 107 cm³/mol. The summed E-state index contributed by atoms with van der Waals surface area (Å²) in [5.74, 6) is 0.706. The molecule has 0 saturated carbocycles. The highest BCUT2D eigenvalue weighted by molar-refractivity contribution is 7.09. The van der Waals surface area contributed by atoms with Crippen LogP contribution in [0.2, 0.25) is 0 Å². The van der Waals surface area contributed by atoms with Crippen LogP contribution in [-0.2, 0) is 11.3 Å². The number of nitrogens with one attached hydrogen (secondary N) is 1. The zero-order valence-corrected chi connectivity index (χ0v) is 16.8. The lowest BCUT2D eigenvalue weighted by atomic mass is 10.1. The second-order valence-electron chi connectivity index (χ2n) is 5.89. The molecular weight excluding hydrogens is 364 g/mol. The molecule has 0 aliphatic carbocycles. The van der Waals surface area contributed by atoms with E-state index in [1.165, 1.54) is 12.0 Å². The number of ether oxygens (including phenoxy) is 2. The number of hydrogen-bond acceptors (Lipinski definition) is 5. The van der Waals surface area contributed by atoms with Gasteiger partial charge < -0.3 is 19.7 Å². The average Bonchev–Trinajstić information content (AvgIpc) is 3.21. The molecule has 27 heavy (non-hydrogen) atoms. The smallest absolute Gasteiger partial charge is 0.254 e. The Balaban J connectivity index is 2.01. The molecule has 1 N–H and O–H groups in total. The zero-order chi connectivity index (χ0) is 19.6. The van der Waals surface area contributed by atoms with Crippen molar-refractivity contribution in [3.63, 3.8) is 0 Å². The normalized spacial score (nSPS) is 10.3. The topological polar surface area (TPSA) is 67.9 Å². The number of rotatable bonds is 10. The van der Waals surface area contributed by atoms with Crippen molar-refractivity contribution in [2.24, 2.45) is 0 Å². The summed E-state index contributed by atoms with van der Waals surface area (Å²) >= 11 is 1.58. The first-order valence-corrected chi connectivity index (χ1v) is 9.86. The van der Waals surface area contributed by atoms with Crippen LogP contribution in [0.4, 0.5) is 0 Å². The lowest BCUT2D eigenvalue weighted by molar-refractivity contribution is -0.121. The van der Waals surface area contributed by atoms with Crippen LogP contribution in [0.1, 0.15) is 35.5 Å². The Morgan fingerprint density at radius 3 is 2.63 bits per heavy atom. The third-order valence-corrected chi connectivity index (χ3v) is 4.79. The largest absolute Gasteiger partial charge is 0.493 e. The fraction of sp³-hybridized carbons (Fsp3) is 0.400. The van der Waals surface area contributed by atoms with Crippen LogP contribution in [-0.4, -0.2) is 43.5 Å².